The van der Waals surface area contributed by atoms with Gasteiger partial charge in [0.2, 0.25) is 10.0 Å². The van der Waals surface area contributed by atoms with Crippen molar-refractivity contribution in [3.05, 3.63) is 54.4 Å². The van der Waals surface area contributed by atoms with E-state index in [-0.39, 0.29) is 10.8 Å². The quantitative estimate of drug-likeness (QED) is 0.621. The van der Waals surface area contributed by atoms with Gasteiger partial charge in [0.05, 0.1) is 29.6 Å². The number of fused-ring (bicyclic) bond motifs is 1. The van der Waals surface area contributed by atoms with E-state index in [4.69, 9.17) is 4.74 Å². The number of aromatic amines is 1. The highest BCUT2D eigenvalue weighted by Gasteiger charge is 2.23. The molecule has 154 valence electrons. The number of nitrogens with one attached hydrogen (secondary N) is 2. The van der Waals surface area contributed by atoms with Crippen molar-refractivity contribution in [3.63, 3.8) is 0 Å². The van der Waals surface area contributed by atoms with Crippen molar-refractivity contribution in [1.29, 1.82) is 0 Å². The molecule has 1 fully saturated rings. The van der Waals surface area contributed by atoms with E-state index in [0.29, 0.717) is 12.3 Å². The molecule has 0 amide bonds. The maximum absolute atomic E-state index is 12.6. The van der Waals surface area contributed by atoms with E-state index < -0.39 is 10.0 Å². The van der Waals surface area contributed by atoms with E-state index in [1.165, 1.54) is 0 Å². The number of piperidine rings is 1. The average molecular weight is 415 g/mol. The van der Waals surface area contributed by atoms with E-state index in [2.05, 4.69) is 19.6 Å². The Kier molecular flexibility index (Phi) is 5.84. The van der Waals surface area contributed by atoms with Crippen molar-refractivity contribution < 1.29 is 13.2 Å². The summed E-state index contributed by atoms with van der Waals surface area (Å²) in [5.41, 5.74) is 2.02. The van der Waals surface area contributed by atoms with Crippen molar-refractivity contribution >= 4 is 21.1 Å². The van der Waals surface area contributed by atoms with Gasteiger partial charge in [-0.1, -0.05) is 12.1 Å². The molecule has 1 aliphatic rings. The molecule has 2 N–H and O–H groups in total. The van der Waals surface area contributed by atoms with Crippen LogP contribution in [0.2, 0.25) is 0 Å². The fourth-order valence-electron chi connectivity index (χ4n) is 3.82. The first-order valence-corrected chi connectivity index (χ1v) is 11.3. The molecule has 3 aromatic rings. The Bertz CT molecular complexity index is 1030. The van der Waals surface area contributed by atoms with Crippen LogP contribution in [-0.4, -0.2) is 50.0 Å². The van der Waals surface area contributed by atoms with Gasteiger partial charge in [0.15, 0.2) is 0 Å². The standard InChI is InChI=1S/C21H26N4O3S/c1-28-17-8-10-18(11-9-17)29(26,27)22-13-16-5-4-12-25(14-16)15-21-23-19-6-2-3-7-20(19)24-21/h2-3,6-11,16,22H,4-5,12-15H2,1H3,(H,23,24)/t16-/m0/s1. The first kappa shape index (κ1) is 19.9. The molecule has 0 radical (unpaired) electrons. The molecule has 7 nitrogen and oxygen atoms in total. The molecule has 0 aliphatic carbocycles. The van der Waals surface area contributed by atoms with E-state index >= 15 is 0 Å². The van der Waals surface area contributed by atoms with Gasteiger partial charge in [-0.3, -0.25) is 4.90 Å². The topological polar surface area (TPSA) is 87.3 Å². The number of rotatable bonds is 7. The SMILES string of the molecule is COc1ccc(S(=O)(=O)NC[C@@H]2CCCN(Cc3nc4ccccc4[nH]3)C2)cc1. The molecular formula is C21H26N4O3S. The van der Waals surface area contributed by atoms with Crippen LogP contribution in [0.25, 0.3) is 11.0 Å². The zero-order chi connectivity index (χ0) is 20.3. The summed E-state index contributed by atoms with van der Waals surface area (Å²) in [7, 11) is -1.96. The lowest BCUT2D eigenvalue weighted by Gasteiger charge is -2.32. The number of hydrogen-bond acceptors (Lipinski definition) is 5. The molecule has 0 spiro atoms. The van der Waals surface area contributed by atoms with Gasteiger partial charge in [0.1, 0.15) is 11.6 Å². The maximum atomic E-state index is 12.6. The molecule has 4 rings (SSSR count). The second-order valence-electron chi connectivity index (χ2n) is 7.47. The number of H-pyrrole nitrogens is 1. The summed E-state index contributed by atoms with van der Waals surface area (Å²) in [6, 6.07) is 14.5. The third-order valence-electron chi connectivity index (χ3n) is 5.35. The molecule has 1 atom stereocenters. The summed E-state index contributed by atoms with van der Waals surface area (Å²) >= 11 is 0. The molecule has 0 bridgehead atoms. The Labute approximate surface area is 171 Å². The molecule has 8 heteroatoms. The summed E-state index contributed by atoms with van der Waals surface area (Å²) in [6.45, 7) is 3.03. The van der Waals surface area contributed by atoms with Gasteiger partial charge in [0, 0.05) is 13.1 Å². The lowest BCUT2D eigenvalue weighted by molar-refractivity contribution is 0.166. The molecule has 0 unspecified atom stereocenters. The van der Waals surface area contributed by atoms with Crippen LogP contribution in [0.4, 0.5) is 0 Å². The maximum Gasteiger partial charge on any atom is 0.240 e. The van der Waals surface area contributed by atoms with E-state index in [9.17, 15) is 8.42 Å². The van der Waals surface area contributed by atoms with Gasteiger partial charge < -0.3 is 9.72 Å². The lowest BCUT2D eigenvalue weighted by Crippen LogP contribution is -2.40. The number of sulfonamides is 1. The molecule has 29 heavy (non-hydrogen) atoms. The largest absolute Gasteiger partial charge is 0.497 e. The first-order valence-electron chi connectivity index (χ1n) is 9.83. The van der Waals surface area contributed by atoms with Gasteiger partial charge in [-0.15, -0.1) is 0 Å². The van der Waals surface area contributed by atoms with Crippen LogP contribution in [0.3, 0.4) is 0 Å². The average Bonchev–Trinajstić information content (AvgIpc) is 3.15. The van der Waals surface area contributed by atoms with Gasteiger partial charge in [-0.05, 0) is 61.7 Å². The van der Waals surface area contributed by atoms with Crippen molar-refractivity contribution in [2.75, 3.05) is 26.7 Å². The highest BCUT2D eigenvalue weighted by molar-refractivity contribution is 7.89. The molecule has 0 saturated carbocycles. The summed E-state index contributed by atoms with van der Waals surface area (Å²) in [6.07, 6.45) is 2.07. The summed E-state index contributed by atoms with van der Waals surface area (Å²) in [4.78, 5) is 10.6. The smallest absolute Gasteiger partial charge is 0.240 e. The van der Waals surface area contributed by atoms with Gasteiger partial charge in [-0.2, -0.15) is 0 Å². The highest BCUT2D eigenvalue weighted by Crippen LogP contribution is 2.20. The Morgan fingerprint density at radius 2 is 2.00 bits per heavy atom. The van der Waals surface area contributed by atoms with Crippen LogP contribution >= 0.6 is 0 Å². The van der Waals surface area contributed by atoms with Crippen molar-refractivity contribution in [2.45, 2.75) is 24.3 Å². The number of hydrogen-bond donors (Lipinski definition) is 2. The predicted molar refractivity (Wildman–Crippen MR) is 112 cm³/mol. The lowest BCUT2D eigenvalue weighted by atomic mass is 9.98. The Morgan fingerprint density at radius 3 is 2.76 bits per heavy atom. The number of likely N-dealkylation sites (tertiary alicyclic amines) is 1. The minimum absolute atomic E-state index is 0.258. The molecular weight excluding hydrogens is 388 g/mol. The highest BCUT2D eigenvalue weighted by atomic mass is 32.2. The van der Waals surface area contributed by atoms with Crippen LogP contribution < -0.4 is 9.46 Å². The third kappa shape index (κ3) is 4.77. The van der Waals surface area contributed by atoms with Crippen LogP contribution in [0.5, 0.6) is 5.75 Å². The first-order chi connectivity index (χ1) is 14.0. The number of aromatic nitrogens is 2. The monoisotopic (exact) mass is 414 g/mol. The Balaban J connectivity index is 1.34. The second kappa shape index (κ2) is 8.52. The van der Waals surface area contributed by atoms with E-state index in [1.807, 2.05) is 24.3 Å². The van der Waals surface area contributed by atoms with Gasteiger partial charge in [-0.25, -0.2) is 18.1 Å². The number of imidazole rings is 1. The summed E-state index contributed by atoms with van der Waals surface area (Å²) < 4.78 is 33.0. The number of ether oxygens (including phenoxy) is 1. The number of benzene rings is 2. The van der Waals surface area contributed by atoms with Crippen LogP contribution in [0.15, 0.2) is 53.4 Å². The van der Waals surface area contributed by atoms with Crippen LogP contribution in [0, 0.1) is 5.92 Å². The van der Waals surface area contributed by atoms with Gasteiger partial charge >= 0.3 is 0 Å². The fraction of sp³-hybridized carbons (Fsp3) is 0.381. The minimum atomic E-state index is -3.52. The number of para-hydroxylation sites is 2. The molecule has 1 aliphatic heterocycles. The van der Waals surface area contributed by atoms with Crippen molar-refractivity contribution in [2.24, 2.45) is 5.92 Å². The van der Waals surface area contributed by atoms with Gasteiger partial charge in [0.25, 0.3) is 0 Å². The van der Waals surface area contributed by atoms with Crippen LogP contribution in [0.1, 0.15) is 18.7 Å². The van der Waals surface area contributed by atoms with E-state index in [1.54, 1.807) is 31.4 Å². The second-order valence-corrected chi connectivity index (χ2v) is 9.24. The number of methoxy groups -OCH3 is 1. The van der Waals surface area contributed by atoms with Crippen molar-refractivity contribution in [1.82, 2.24) is 19.6 Å². The Hall–Kier alpha value is -2.42. The minimum Gasteiger partial charge on any atom is -0.497 e. The van der Waals surface area contributed by atoms with E-state index in [0.717, 1.165) is 49.3 Å². The predicted octanol–water partition coefficient (Wildman–Crippen LogP) is 2.76. The Morgan fingerprint density at radius 1 is 1.21 bits per heavy atom. The molecule has 2 heterocycles. The third-order valence-corrected chi connectivity index (χ3v) is 6.79. The zero-order valence-electron chi connectivity index (χ0n) is 16.5. The molecule has 2 aromatic carbocycles. The normalized spacial score (nSPS) is 18.2. The summed E-state index contributed by atoms with van der Waals surface area (Å²) in [5.74, 6) is 1.87. The van der Waals surface area contributed by atoms with Crippen molar-refractivity contribution in [3.8, 4) is 5.75 Å². The molecule has 1 saturated heterocycles. The van der Waals surface area contributed by atoms with Crippen LogP contribution in [-0.2, 0) is 16.6 Å². The summed E-state index contributed by atoms with van der Waals surface area (Å²) in [5, 5.41) is 0. The number of nitrogens with zero attached hydrogens (tertiary/aromatic N) is 2. The fourth-order valence-corrected chi connectivity index (χ4v) is 4.94. The molecule has 1 aromatic heterocycles. The zero-order valence-corrected chi connectivity index (χ0v) is 17.3.